The maximum Gasteiger partial charge on any atom is 0.319 e. The van der Waals surface area contributed by atoms with Crippen molar-refractivity contribution in [1.29, 1.82) is 0 Å². The van der Waals surface area contributed by atoms with Crippen molar-refractivity contribution in [1.82, 2.24) is 10.3 Å². The Balaban J connectivity index is 1.59. The molecule has 3 aromatic carbocycles. The molecular formula is C31H28FN3O3S. The largest absolute Gasteiger partial charge is 0.338 e. The number of carbonyl (C=O) groups excluding carboxylic acids is 1. The minimum absolute atomic E-state index is 0.0561. The van der Waals surface area contributed by atoms with Crippen molar-refractivity contribution >= 4 is 21.6 Å². The topological polar surface area (TPSA) is 88.2 Å². The van der Waals surface area contributed by atoms with E-state index in [4.69, 9.17) is 0 Å². The van der Waals surface area contributed by atoms with Crippen molar-refractivity contribution in [2.24, 2.45) is 0 Å². The fraction of sp³-hybridized carbons (Fsp3) is 0.161. The third kappa shape index (κ3) is 7.53. The van der Waals surface area contributed by atoms with Gasteiger partial charge in [0.25, 0.3) is 0 Å². The molecular weight excluding hydrogens is 513 g/mol. The summed E-state index contributed by atoms with van der Waals surface area (Å²) in [6.45, 7) is 4.24. The van der Waals surface area contributed by atoms with Gasteiger partial charge in [-0.25, -0.2) is 17.6 Å². The lowest BCUT2D eigenvalue weighted by Crippen LogP contribution is -2.30. The Morgan fingerprint density at radius 1 is 0.974 bits per heavy atom. The fourth-order valence-electron chi connectivity index (χ4n) is 3.94. The second kappa shape index (κ2) is 12.4. The van der Waals surface area contributed by atoms with Crippen molar-refractivity contribution in [2.45, 2.75) is 30.9 Å². The van der Waals surface area contributed by atoms with E-state index in [-0.39, 0.29) is 16.2 Å². The van der Waals surface area contributed by atoms with Gasteiger partial charge in [0.05, 0.1) is 10.6 Å². The van der Waals surface area contributed by atoms with Crippen LogP contribution in [0.1, 0.15) is 33.4 Å². The highest BCUT2D eigenvalue weighted by Crippen LogP contribution is 2.25. The van der Waals surface area contributed by atoms with Gasteiger partial charge in [-0.3, -0.25) is 4.98 Å². The summed E-state index contributed by atoms with van der Waals surface area (Å²) < 4.78 is 40.4. The summed E-state index contributed by atoms with van der Waals surface area (Å²) in [6.07, 6.45) is 4.04. The first kappa shape index (κ1) is 27.6. The molecule has 2 amide bonds. The average molecular weight is 542 g/mol. The lowest BCUT2D eigenvalue weighted by atomic mass is 10.1. The number of anilines is 1. The first-order valence-electron chi connectivity index (χ1n) is 12.3. The molecule has 4 aromatic rings. The molecule has 0 aliphatic heterocycles. The van der Waals surface area contributed by atoms with E-state index in [1.807, 2.05) is 38.1 Å². The number of hydrogen-bond donors (Lipinski definition) is 2. The number of urea groups is 1. The Bertz CT molecular complexity index is 1640. The van der Waals surface area contributed by atoms with Gasteiger partial charge < -0.3 is 10.6 Å². The Labute approximate surface area is 228 Å². The van der Waals surface area contributed by atoms with Gasteiger partial charge in [-0.15, -0.1) is 0 Å². The number of amides is 2. The summed E-state index contributed by atoms with van der Waals surface area (Å²) in [5.41, 5.74) is 4.79. The number of aryl methyl sites for hydroxylation is 1. The second-order valence-corrected chi connectivity index (χ2v) is 11.0. The van der Waals surface area contributed by atoms with Crippen molar-refractivity contribution in [3.05, 3.63) is 124 Å². The lowest BCUT2D eigenvalue weighted by Gasteiger charge is -2.13. The van der Waals surface area contributed by atoms with Gasteiger partial charge in [0.15, 0.2) is 9.84 Å². The van der Waals surface area contributed by atoms with Crippen LogP contribution in [0.15, 0.2) is 90.1 Å². The molecule has 0 bridgehead atoms. The summed E-state index contributed by atoms with van der Waals surface area (Å²) in [5.74, 6) is 5.24. The molecule has 0 saturated carbocycles. The number of nitrogens with zero attached hydrogens (tertiary/aromatic N) is 1. The molecule has 0 unspecified atom stereocenters. The van der Waals surface area contributed by atoms with Gasteiger partial charge in [-0.05, 0) is 91.1 Å². The normalized spacial score (nSPS) is 10.8. The van der Waals surface area contributed by atoms with Crippen LogP contribution in [0.25, 0.3) is 0 Å². The zero-order valence-corrected chi connectivity index (χ0v) is 22.5. The molecule has 39 heavy (non-hydrogen) atoms. The van der Waals surface area contributed by atoms with Gasteiger partial charge >= 0.3 is 6.03 Å². The van der Waals surface area contributed by atoms with E-state index in [9.17, 15) is 17.6 Å². The molecule has 0 atom stereocenters. The van der Waals surface area contributed by atoms with Crippen LogP contribution in [-0.4, -0.2) is 26.0 Å². The van der Waals surface area contributed by atoms with Crippen LogP contribution >= 0.6 is 0 Å². The van der Waals surface area contributed by atoms with E-state index in [1.165, 1.54) is 36.4 Å². The zero-order valence-electron chi connectivity index (χ0n) is 21.7. The molecule has 0 aliphatic carbocycles. The Morgan fingerprint density at radius 3 is 2.51 bits per heavy atom. The average Bonchev–Trinajstić information content (AvgIpc) is 2.91. The maximum atomic E-state index is 13.5. The third-order valence-corrected chi connectivity index (χ3v) is 7.96. The molecule has 0 radical (unpaired) electrons. The standard InChI is InChI=1S/C31H28FN3O3S/c1-22-5-3-7-27(23(22)2)21-39(37,38)30-15-14-29(19-26(30)11-8-24-9-12-28(32)13-10-24)35-31(36)34-18-16-25-6-4-17-33-20-25/h3-7,9-10,12-15,17,19-20H,16,18,21H2,1-2H3,(H2,34,35,36). The SMILES string of the molecule is Cc1cccc(CS(=O)(=O)c2ccc(NC(=O)NCCc3cccnc3)cc2C#Cc2ccc(F)cc2)c1C. The van der Waals surface area contributed by atoms with Crippen LogP contribution in [0.2, 0.25) is 0 Å². The predicted octanol–water partition coefficient (Wildman–Crippen LogP) is 5.58. The van der Waals surface area contributed by atoms with E-state index in [0.717, 1.165) is 16.7 Å². The van der Waals surface area contributed by atoms with E-state index in [0.29, 0.717) is 29.8 Å². The minimum atomic E-state index is -3.78. The van der Waals surface area contributed by atoms with E-state index < -0.39 is 21.7 Å². The third-order valence-electron chi connectivity index (χ3n) is 6.24. The number of sulfone groups is 1. The number of halogens is 1. The smallest absolute Gasteiger partial charge is 0.319 e. The Kier molecular flexibility index (Phi) is 8.74. The first-order valence-corrected chi connectivity index (χ1v) is 14.0. The van der Waals surface area contributed by atoms with Crippen LogP contribution in [0, 0.1) is 31.5 Å². The van der Waals surface area contributed by atoms with Crippen LogP contribution in [0.4, 0.5) is 14.9 Å². The summed E-state index contributed by atoms with van der Waals surface area (Å²) in [5, 5.41) is 5.52. The summed E-state index contributed by atoms with van der Waals surface area (Å²) in [6, 6.07) is 19.1. The summed E-state index contributed by atoms with van der Waals surface area (Å²) in [4.78, 5) is 16.6. The molecule has 4 rings (SSSR count). The number of rotatable bonds is 7. The molecule has 0 fully saturated rings. The number of aromatic nitrogens is 1. The fourth-order valence-corrected chi connectivity index (χ4v) is 5.54. The van der Waals surface area contributed by atoms with E-state index in [1.54, 1.807) is 24.5 Å². The van der Waals surface area contributed by atoms with E-state index >= 15 is 0 Å². The number of hydrogen-bond acceptors (Lipinski definition) is 4. The van der Waals surface area contributed by atoms with Gasteiger partial charge in [0.1, 0.15) is 5.82 Å². The highest BCUT2D eigenvalue weighted by molar-refractivity contribution is 7.90. The minimum Gasteiger partial charge on any atom is -0.338 e. The Morgan fingerprint density at radius 2 is 1.77 bits per heavy atom. The number of pyridine rings is 1. The molecule has 0 aliphatic rings. The van der Waals surface area contributed by atoms with Crippen molar-refractivity contribution in [2.75, 3.05) is 11.9 Å². The van der Waals surface area contributed by atoms with Gasteiger partial charge in [-0.1, -0.05) is 36.1 Å². The quantitative estimate of drug-likeness (QED) is 0.299. The molecule has 6 nitrogen and oxygen atoms in total. The zero-order chi connectivity index (χ0) is 27.8. The number of nitrogens with one attached hydrogen (secondary N) is 2. The van der Waals surface area contributed by atoms with Crippen molar-refractivity contribution < 1.29 is 17.6 Å². The molecule has 198 valence electrons. The Hall–Kier alpha value is -4.48. The van der Waals surface area contributed by atoms with Crippen LogP contribution in [0.5, 0.6) is 0 Å². The highest BCUT2D eigenvalue weighted by atomic mass is 32.2. The molecule has 1 aromatic heterocycles. The molecule has 0 saturated heterocycles. The number of benzene rings is 3. The van der Waals surface area contributed by atoms with Crippen molar-refractivity contribution in [3.8, 4) is 11.8 Å². The molecule has 2 N–H and O–H groups in total. The summed E-state index contributed by atoms with van der Waals surface area (Å²) in [7, 11) is -3.78. The van der Waals surface area contributed by atoms with Gasteiger partial charge in [0, 0.05) is 35.8 Å². The highest BCUT2D eigenvalue weighted by Gasteiger charge is 2.21. The molecule has 1 heterocycles. The number of carbonyl (C=O) groups is 1. The molecule has 0 spiro atoms. The first-order chi connectivity index (χ1) is 18.7. The van der Waals surface area contributed by atoms with Gasteiger partial charge in [0.2, 0.25) is 0 Å². The van der Waals surface area contributed by atoms with Crippen LogP contribution in [-0.2, 0) is 22.0 Å². The predicted molar refractivity (Wildman–Crippen MR) is 151 cm³/mol. The monoisotopic (exact) mass is 541 g/mol. The second-order valence-electron chi connectivity index (χ2n) is 9.08. The van der Waals surface area contributed by atoms with Crippen molar-refractivity contribution in [3.63, 3.8) is 0 Å². The van der Waals surface area contributed by atoms with Crippen LogP contribution in [0.3, 0.4) is 0 Å². The van der Waals surface area contributed by atoms with Crippen LogP contribution < -0.4 is 10.6 Å². The van der Waals surface area contributed by atoms with E-state index in [2.05, 4.69) is 27.5 Å². The summed E-state index contributed by atoms with van der Waals surface area (Å²) >= 11 is 0. The lowest BCUT2D eigenvalue weighted by molar-refractivity contribution is 0.252. The molecule has 8 heteroatoms. The maximum absolute atomic E-state index is 13.5. The van der Waals surface area contributed by atoms with Gasteiger partial charge in [-0.2, -0.15) is 0 Å².